The zero-order chi connectivity index (χ0) is 14.0. The minimum Gasteiger partial charge on any atom is -0.497 e. The van der Waals surface area contributed by atoms with E-state index in [0.717, 1.165) is 12.3 Å². The number of hydrogen-bond donors (Lipinski definition) is 1. The Hall–Kier alpha value is -2.24. The van der Waals surface area contributed by atoms with Gasteiger partial charge < -0.3 is 10.5 Å². The summed E-state index contributed by atoms with van der Waals surface area (Å²) in [4.78, 5) is 3.40. The fourth-order valence-electron chi connectivity index (χ4n) is 1.64. The van der Waals surface area contributed by atoms with Crippen molar-refractivity contribution in [2.45, 2.75) is 6.18 Å². The molecule has 0 radical (unpaired) electrons. The average molecular weight is 268 g/mol. The third-order valence-corrected chi connectivity index (χ3v) is 2.55. The maximum Gasteiger partial charge on any atom is 0.433 e. The van der Waals surface area contributed by atoms with Crippen LogP contribution in [0, 0.1) is 0 Å². The first-order valence-corrected chi connectivity index (χ1v) is 5.38. The summed E-state index contributed by atoms with van der Waals surface area (Å²) in [5, 5.41) is 0. The predicted molar refractivity (Wildman–Crippen MR) is 65.6 cm³/mol. The largest absolute Gasteiger partial charge is 0.497 e. The van der Waals surface area contributed by atoms with Crippen molar-refractivity contribution in [2.24, 2.45) is 0 Å². The Morgan fingerprint density at radius 2 is 1.84 bits per heavy atom. The lowest BCUT2D eigenvalue weighted by Crippen LogP contribution is -2.07. The minimum atomic E-state index is -4.44. The number of methoxy groups -OCH3 is 1. The van der Waals surface area contributed by atoms with Gasteiger partial charge in [0.2, 0.25) is 0 Å². The Bertz CT molecular complexity index is 579. The van der Waals surface area contributed by atoms with Crippen LogP contribution in [0.5, 0.6) is 5.75 Å². The van der Waals surface area contributed by atoms with Gasteiger partial charge in [0.15, 0.2) is 0 Å². The number of pyridine rings is 1. The highest BCUT2D eigenvalue weighted by Gasteiger charge is 2.32. The molecule has 0 spiro atoms. The molecule has 2 N–H and O–H groups in total. The summed E-state index contributed by atoms with van der Waals surface area (Å²) in [6.45, 7) is 0. The maximum absolute atomic E-state index is 12.4. The van der Waals surface area contributed by atoms with Crippen molar-refractivity contribution >= 4 is 5.69 Å². The Morgan fingerprint density at radius 1 is 1.11 bits per heavy atom. The molecule has 0 fully saturated rings. The predicted octanol–water partition coefficient (Wildman–Crippen LogP) is 3.36. The van der Waals surface area contributed by atoms with E-state index in [1.54, 1.807) is 18.2 Å². The quantitative estimate of drug-likeness (QED) is 0.849. The van der Waals surface area contributed by atoms with Crippen molar-refractivity contribution in [3.05, 3.63) is 42.2 Å². The zero-order valence-corrected chi connectivity index (χ0v) is 10.0. The van der Waals surface area contributed by atoms with Gasteiger partial charge in [-0.25, -0.2) is 0 Å². The molecule has 1 aromatic carbocycles. The monoisotopic (exact) mass is 268 g/mol. The van der Waals surface area contributed by atoms with E-state index in [-0.39, 0.29) is 0 Å². The van der Waals surface area contributed by atoms with Crippen LogP contribution in [0.1, 0.15) is 5.69 Å². The van der Waals surface area contributed by atoms with Crippen LogP contribution in [0.25, 0.3) is 11.1 Å². The van der Waals surface area contributed by atoms with E-state index in [2.05, 4.69) is 4.98 Å². The number of nitrogens with zero attached hydrogens (tertiary/aromatic N) is 1. The van der Waals surface area contributed by atoms with Gasteiger partial charge in [-0.1, -0.05) is 6.07 Å². The standard InChI is InChI=1S/C13H11F3N2O/c1-19-11-5-9(4-10(17)6-11)8-2-3-12(18-7-8)13(14,15)16/h2-7H,17H2,1H3. The zero-order valence-electron chi connectivity index (χ0n) is 10.0. The van der Waals surface area contributed by atoms with E-state index in [0.29, 0.717) is 22.6 Å². The second-order valence-electron chi connectivity index (χ2n) is 3.92. The van der Waals surface area contributed by atoms with E-state index >= 15 is 0 Å². The average Bonchev–Trinajstić information content (AvgIpc) is 2.37. The number of rotatable bonds is 2. The molecule has 0 saturated carbocycles. The normalized spacial score (nSPS) is 11.4. The minimum absolute atomic E-state index is 0.467. The summed E-state index contributed by atoms with van der Waals surface area (Å²) in [5.74, 6) is 0.537. The van der Waals surface area contributed by atoms with E-state index in [4.69, 9.17) is 10.5 Å². The van der Waals surface area contributed by atoms with Gasteiger partial charge in [-0.3, -0.25) is 4.98 Å². The first-order chi connectivity index (χ1) is 8.90. The maximum atomic E-state index is 12.4. The molecule has 1 heterocycles. The molecular formula is C13H11F3N2O. The van der Waals surface area contributed by atoms with Crippen molar-refractivity contribution < 1.29 is 17.9 Å². The number of hydrogen-bond acceptors (Lipinski definition) is 3. The Labute approximate surface area is 107 Å². The van der Waals surface area contributed by atoms with E-state index in [9.17, 15) is 13.2 Å². The van der Waals surface area contributed by atoms with Gasteiger partial charge in [-0.15, -0.1) is 0 Å². The summed E-state index contributed by atoms with van der Waals surface area (Å²) in [5.41, 5.74) is 6.43. The molecule has 0 saturated heterocycles. The Balaban J connectivity index is 2.40. The number of aromatic nitrogens is 1. The number of halogens is 3. The molecule has 0 atom stereocenters. The topological polar surface area (TPSA) is 48.1 Å². The third kappa shape index (κ3) is 2.96. The number of nitrogens with two attached hydrogens (primary N) is 1. The molecule has 0 aliphatic heterocycles. The second kappa shape index (κ2) is 4.79. The van der Waals surface area contributed by atoms with E-state index in [1.165, 1.54) is 13.2 Å². The molecule has 0 aliphatic rings. The van der Waals surface area contributed by atoms with Gasteiger partial charge in [0, 0.05) is 23.5 Å². The summed E-state index contributed by atoms with van der Waals surface area (Å²) < 4.78 is 42.3. The van der Waals surface area contributed by atoms with Gasteiger partial charge in [-0.2, -0.15) is 13.2 Å². The lowest BCUT2D eigenvalue weighted by atomic mass is 10.1. The molecule has 3 nitrogen and oxygen atoms in total. The van der Waals surface area contributed by atoms with Crippen LogP contribution in [-0.2, 0) is 6.18 Å². The Kier molecular flexibility index (Phi) is 3.33. The summed E-state index contributed by atoms with van der Waals surface area (Å²) in [6.07, 6.45) is -3.27. The highest BCUT2D eigenvalue weighted by Crippen LogP contribution is 2.30. The van der Waals surface area contributed by atoms with Crippen molar-refractivity contribution in [3.8, 4) is 16.9 Å². The highest BCUT2D eigenvalue weighted by atomic mass is 19.4. The Morgan fingerprint density at radius 3 is 2.37 bits per heavy atom. The van der Waals surface area contributed by atoms with Crippen LogP contribution in [0.4, 0.5) is 18.9 Å². The van der Waals surface area contributed by atoms with Gasteiger partial charge in [0.05, 0.1) is 7.11 Å². The molecular weight excluding hydrogens is 257 g/mol. The van der Waals surface area contributed by atoms with Crippen LogP contribution >= 0.6 is 0 Å². The number of alkyl halides is 3. The number of benzene rings is 1. The van der Waals surface area contributed by atoms with E-state index < -0.39 is 11.9 Å². The second-order valence-corrected chi connectivity index (χ2v) is 3.92. The van der Waals surface area contributed by atoms with Crippen molar-refractivity contribution in [1.82, 2.24) is 4.98 Å². The van der Waals surface area contributed by atoms with Gasteiger partial charge in [0.25, 0.3) is 0 Å². The van der Waals surface area contributed by atoms with Crippen molar-refractivity contribution in [3.63, 3.8) is 0 Å². The third-order valence-electron chi connectivity index (χ3n) is 2.55. The molecule has 19 heavy (non-hydrogen) atoms. The smallest absolute Gasteiger partial charge is 0.433 e. The molecule has 0 amide bonds. The van der Waals surface area contributed by atoms with Crippen LogP contribution in [0.15, 0.2) is 36.5 Å². The first-order valence-electron chi connectivity index (χ1n) is 5.38. The molecule has 0 bridgehead atoms. The molecule has 2 rings (SSSR count). The summed E-state index contributed by atoms with van der Waals surface area (Å²) >= 11 is 0. The molecule has 100 valence electrons. The first kappa shape index (κ1) is 13.2. The number of nitrogen functional groups attached to an aromatic ring is 1. The van der Waals surface area contributed by atoms with Gasteiger partial charge in [-0.05, 0) is 23.8 Å². The van der Waals surface area contributed by atoms with E-state index in [1.807, 2.05) is 0 Å². The lowest BCUT2D eigenvalue weighted by molar-refractivity contribution is -0.141. The SMILES string of the molecule is COc1cc(N)cc(-c2ccc(C(F)(F)F)nc2)c1. The lowest BCUT2D eigenvalue weighted by Gasteiger charge is -2.09. The molecule has 0 aliphatic carbocycles. The summed E-state index contributed by atoms with van der Waals surface area (Å²) in [6, 6.07) is 7.24. The highest BCUT2D eigenvalue weighted by molar-refractivity contribution is 5.69. The van der Waals surface area contributed by atoms with Crippen molar-refractivity contribution in [2.75, 3.05) is 12.8 Å². The van der Waals surface area contributed by atoms with Crippen LogP contribution in [0.3, 0.4) is 0 Å². The molecule has 1 aromatic heterocycles. The van der Waals surface area contributed by atoms with Crippen LogP contribution < -0.4 is 10.5 Å². The van der Waals surface area contributed by atoms with Gasteiger partial charge in [0.1, 0.15) is 11.4 Å². The van der Waals surface area contributed by atoms with Gasteiger partial charge >= 0.3 is 6.18 Å². The van der Waals surface area contributed by atoms with Crippen LogP contribution in [0.2, 0.25) is 0 Å². The molecule has 2 aromatic rings. The summed E-state index contributed by atoms with van der Waals surface area (Å²) in [7, 11) is 1.49. The van der Waals surface area contributed by atoms with Crippen LogP contribution in [-0.4, -0.2) is 12.1 Å². The number of anilines is 1. The number of ether oxygens (including phenoxy) is 1. The fourth-order valence-corrected chi connectivity index (χ4v) is 1.64. The van der Waals surface area contributed by atoms with Crippen molar-refractivity contribution in [1.29, 1.82) is 0 Å². The molecule has 6 heteroatoms. The fraction of sp³-hybridized carbons (Fsp3) is 0.154. The molecule has 0 unspecified atom stereocenters.